The van der Waals surface area contributed by atoms with Crippen LogP contribution in [0.4, 0.5) is 0 Å². The lowest BCUT2D eigenvalue weighted by Crippen LogP contribution is -2.52. The lowest BCUT2D eigenvalue weighted by Gasteiger charge is -2.25. The maximum Gasteiger partial charge on any atom is 0.329 e. The number of nitrogens with one attached hydrogen (secondary N) is 1. The third-order valence-electron chi connectivity index (χ3n) is 3.54. The van der Waals surface area contributed by atoms with E-state index in [-0.39, 0.29) is 12.3 Å². The predicted molar refractivity (Wildman–Crippen MR) is 81.4 cm³/mol. The minimum Gasteiger partial charge on any atom is -0.480 e. The van der Waals surface area contributed by atoms with Crippen molar-refractivity contribution in [2.45, 2.75) is 45.1 Å². The molecule has 0 aliphatic rings. The van der Waals surface area contributed by atoms with Crippen LogP contribution in [0.2, 0.25) is 0 Å². The van der Waals surface area contributed by atoms with E-state index in [4.69, 9.17) is 4.42 Å². The van der Waals surface area contributed by atoms with Gasteiger partial charge in [0.1, 0.15) is 11.1 Å². The number of para-hydroxylation sites is 2. The first-order valence-electron chi connectivity index (χ1n) is 7.33. The standard InChI is InChI=1S/C16H20N2O4/c1-3-10-16(2,15(20)21)18-13(19)8-9-14-17-11-6-4-5-7-12(11)22-14/h4-7H,3,8-10H2,1-2H3,(H,18,19)(H,20,21). The highest BCUT2D eigenvalue weighted by Crippen LogP contribution is 2.16. The molecule has 1 amide bonds. The molecule has 1 heterocycles. The maximum atomic E-state index is 12.0. The van der Waals surface area contributed by atoms with Crippen molar-refractivity contribution in [2.75, 3.05) is 0 Å². The Bertz CT molecular complexity index is 647. The Kier molecular flexibility index (Phi) is 4.80. The number of amides is 1. The molecule has 2 N–H and O–H groups in total. The molecule has 0 bridgehead atoms. The smallest absolute Gasteiger partial charge is 0.329 e. The molecule has 22 heavy (non-hydrogen) atoms. The van der Waals surface area contributed by atoms with Crippen molar-refractivity contribution >= 4 is 23.0 Å². The molecule has 0 aliphatic carbocycles. The molecule has 0 saturated heterocycles. The zero-order chi connectivity index (χ0) is 16.2. The number of carbonyl (C=O) groups excluding carboxylic acids is 1. The summed E-state index contributed by atoms with van der Waals surface area (Å²) in [5, 5.41) is 11.8. The molecule has 0 radical (unpaired) electrons. The van der Waals surface area contributed by atoms with Gasteiger partial charge < -0.3 is 14.8 Å². The molecule has 1 aromatic carbocycles. The summed E-state index contributed by atoms with van der Waals surface area (Å²) in [6, 6.07) is 7.37. The molecule has 0 spiro atoms. The maximum absolute atomic E-state index is 12.0. The number of hydrogen-bond acceptors (Lipinski definition) is 4. The minimum atomic E-state index is -1.23. The van der Waals surface area contributed by atoms with Crippen LogP contribution in [0.25, 0.3) is 11.1 Å². The van der Waals surface area contributed by atoms with Crippen LogP contribution < -0.4 is 5.32 Å². The van der Waals surface area contributed by atoms with Crippen LogP contribution in [0.3, 0.4) is 0 Å². The number of hydrogen-bond donors (Lipinski definition) is 2. The van der Waals surface area contributed by atoms with Crippen LogP contribution in [0.15, 0.2) is 28.7 Å². The number of carbonyl (C=O) groups is 2. The Labute approximate surface area is 128 Å². The number of aliphatic carboxylic acids is 1. The van der Waals surface area contributed by atoms with Crippen LogP contribution in [0.5, 0.6) is 0 Å². The number of nitrogens with zero attached hydrogens (tertiary/aromatic N) is 1. The molecule has 6 heteroatoms. The molecular formula is C16H20N2O4. The molecule has 1 atom stereocenters. The van der Waals surface area contributed by atoms with Gasteiger partial charge in [-0.05, 0) is 25.5 Å². The average molecular weight is 304 g/mol. The third kappa shape index (κ3) is 3.63. The number of fused-ring (bicyclic) bond motifs is 1. The number of benzene rings is 1. The highest BCUT2D eigenvalue weighted by atomic mass is 16.4. The number of oxazole rings is 1. The van der Waals surface area contributed by atoms with Gasteiger partial charge in [0, 0.05) is 12.8 Å². The van der Waals surface area contributed by atoms with Gasteiger partial charge in [0.05, 0.1) is 0 Å². The Morgan fingerprint density at radius 1 is 1.36 bits per heavy atom. The van der Waals surface area contributed by atoms with Gasteiger partial charge in [0.2, 0.25) is 5.91 Å². The summed E-state index contributed by atoms with van der Waals surface area (Å²) in [5.74, 6) is -0.867. The van der Waals surface area contributed by atoms with Crippen molar-refractivity contribution < 1.29 is 19.1 Å². The fraction of sp³-hybridized carbons (Fsp3) is 0.438. The third-order valence-corrected chi connectivity index (χ3v) is 3.54. The number of carboxylic acid groups (broad SMARTS) is 1. The van der Waals surface area contributed by atoms with E-state index < -0.39 is 11.5 Å². The van der Waals surface area contributed by atoms with E-state index in [9.17, 15) is 14.7 Å². The van der Waals surface area contributed by atoms with Crippen LogP contribution >= 0.6 is 0 Å². The highest BCUT2D eigenvalue weighted by molar-refractivity contribution is 5.86. The average Bonchev–Trinajstić information content (AvgIpc) is 2.88. The summed E-state index contributed by atoms with van der Waals surface area (Å²) in [7, 11) is 0. The molecule has 2 aromatic rings. The molecule has 1 unspecified atom stereocenters. The number of rotatable bonds is 7. The van der Waals surface area contributed by atoms with Crippen molar-refractivity contribution in [1.82, 2.24) is 10.3 Å². The van der Waals surface area contributed by atoms with E-state index >= 15 is 0 Å². The van der Waals surface area contributed by atoms with Gasteiger partial charge in [-0.3, -0.25) is 4.79 Å². The minimum absolute atomic E-state index is 0.138. The highest BCUT2D eigenvalue weighted by Gasteiger charge is 2.33. The Hall–Kier alpha value is -2.37. The molecule has 0 fully saturated rings. The lowest BCUT2D eigenvalue weighted by atomic mass is 9.96. The van der Waals surface area contributed by atoms with Crippen LogP contribution in [0.1, 0.15) is 39.0 Å². The summed E-state index contributed by atoms with van der Waals surface area (Å²) in [5.41, 5.74) is 0.200. The van der Waals surface area contributed by atoms with E-state index in [0.29, 0.717) is 30.7 Å². The molecule has 1 aromatic heterocycles. The molecule has 6 nitrogen and oxygen atoms in total. The van der Waals surface area contributed by atoms with E-state index in [1.165, 1.54) is 6.92 Å². The summed E-state index contributed by atoms with van der Waals surface area (Å²) in [6.07, 6.45) is 1.53. The number of carboxylic acids is 1. The zero-order valence-corrected chi connectivity index (χ0v) is 12.8. The van der Waals surface area contributed by atoms with E-state index in [2.05, 4.69) is 10.3 Å². The molecule has 0 aliphatic heterocycles. The Balaban J connectivity index is 1.95. The molecule has 0 saturated carbocycles. The van der Waals surface area contributed by atoms with Gasteiger partial charge in [0.25, 0.3) is 0 Å². The van der Waals surface area contributed by atoms with Gasteiger partial charge in [-0.1, -0.05) is 25.5 Å². The summed E-state index contributed by atoms with van der Waals surface area (Å²) >= 11 is 0. The SMILES string of the molecule is CCCC(C)(NC(=O)CCc1nc2ccccc2o1)C(=O)O. The van der Waals surface area contributed by atoms with E-state index in [1.54, 1.807) is 0 Å². The van der Waals surface area contributed by atoms with Crippen molar-refractivity contribution in [3.63, 3.8) is 0 Å². The normalized spacial score (nSPS) is 13.7. The molecular weight excluding hydrogens is 284 g/mol. The first-order valence-corrected chi connectivity index (χ1v) is 7.33. The first-order chi connectivity index (χ1) is 10.4. The largest absolute Gasteiger partial charge is 0.480 e. The quantitative estimate of drug-likeness (QED) is 0.820. The Morgan fingerprint density at radius 2 is 2.09 bits per heavy atom. The first kappa shape index (κ1) is 16.0. The van der Waals surface area contributed by atoms with Gasteiger partial charge in [-0.25, -0.2) is 9.78 Å². The summed E-state index contributed by atoms with van der Waals surface area (Å²) in [4.78, 5) is 27.6. The van der Waals surface area contributed by atoms with Crippen molar-refractivity contribution in [3.05, 3.63) is 30.2 Å². The zero-order valence-electron chi connectivity index (χ0n) is 12.8. The fourth-order valence-corrected chi connectivity index (χ4v) is 2.34. The second-order valence-corrected chi connectivity index (χ2v) is 5.51. The number of aromatic nitrogens is 1. The fourth-order valence-electron chi connectivity index (χ4n) is 2.34. The summed E-state index contributed by atoms with van der Waals surface area (Å²) in [6.45, 7) is 3.40. The van der Waals surface area contributed by atoms with Gasteiger partial charge in [-0.15, -0.1) is 0 Å². The topological polar surface area (TPSA) is 92.4 Å². The van der Waals surface area contributed by atoms with Gasteiger partial charge in [0.15, 0.2) is 11.5 Å². The monoisotopic (exact) mass is 304 g/mol. The van der Waals surface area contributed by atoms with Crippen LogP contribution in [-0.4, -0.2) is 27.5 Å². The van der Waals surface area contributed by atoms with Gasteiger partial charge >= 0.3 is 5.97 Å². The second kappa shape index (κ2) is 6.60. The van der Waals surface area contributed by atoms with E-state index in [1.807, 2.05) is 31.2 Å². The predicted octanol–water partition coefficient (Wildman–Crippen LogP) is 2.52. The van der Waals surface area contributed by atoms with E-state index in [0.717, 1.165) is 5.52 Å². The van der Waals surface area contributed by atoms with Crippen LogP contribution in [0, 0.1) is 0 Å². The second-order valence-electron chi connectivity index (χ2n) is 5.51. The lowest BCUT2D eigenvalue weighted by molar-refractivity contribution is -0.147. The van der Waals surface area contributed by atoms with Crippen molar-refractivity contribution in [1.29, 1.82) is 0 Å². The van der Waals surface area contributed by atoms with Crippen molar-refractivity contribution in [2.24, 2.45) is 0 Å². The summed E-state index contributed by atoms with van der Waals surface area (Å²) < 4.78 is 5.54. The molecule has 2 rings (SSSR count). The van der Waals surface area contributed by atoms with Crippen LogP contribution in [-0.2, 0) is 16.0 Å². The molecule has 118 valence electrons. The Morgan fingerprint density at radius 3 is 2.73 bits per heavy atom. The number of aryl methyl sites for hydroxylation is 1. The van der Waals surface area contributed by atoms with Gasteiger partial charge in [-0.2, -0.15) is 0 Å². The van der Waals surface area contributed by atoms with Crippen molar-refractivity contribution in [3.8, 4) is 0 Å².